The van der Waals surface area contributed by atoms with Crippen LogP contribution in [0.5, 0.6) is 5.75 Å². The Balaban J connectivity index is 3.26. The number of esters is 1. The van der Waals surface area contributed by atoms with Gasteiger partial charge in [0, 0.05) is 0 Å². The molecule has 1 aromatic rings. The highest BCUT2D eigenvalue weighted by Crippen LogP contribution is 2.32. The summed E-state index contributed by atoms with van der Waals surface area (Å²) in [6.45, 7) is 3.43. The number of hydrogen-bond acceptors (Lipinski definition) is 3. The van der Waals surface area contributed by atoms with Gasteiger partial charge in [-0.1, -0.05) is 0 Å². The lowest BCUT2D eigenvalue weighted by Crippen LogP contribution is -2.08. The van der Waals surface area contributed by atoms with Crippen molar-refractivity contribution in [1.29, 1.82) is 0 Å². The minimum absolute atomic E-state index is 0.161. The molecule has 0 spiro atoms. The average molecular weight is 277 g/mol. The number of rotatable bonds is 2. The molecule has 0 heterocycles. The fraction of sp³-hybridized carbons (Fsp3) is 0.300. The highest BCUT2D eigenvalue weighted by Gasteiger charge is 2.19. The average Bonchev–Trinajstić information content (AvgIpc) is 2.20. The zero-order valence-electron chi connectivity index (χ0n) is 8.30. The molecule has 1 N–H and O–H groups in total. The Morgan fingerprint density at radius 3 is 2.80 bits per heavy atom. The van der Waals surface area contributed by atoms with E-state index in [4.69, 9.17) is 0 Å². The monoisotopic (exact) mass is 276 g/mol. The Hall–Kier alpha value is -1.10. The molecule has 1 rings (SSSR count). The van der Waals surface area contributed by atoms with Gasteiger partial charge >= 0.3 is 5.97 Å². The van der Waals surface area contributed by atoms with Gasteiger partial charge in [-0.05, 0) is 41.4 Å². The maximum atomic E-state index is 13.4. The molecule has 15 heavy (non-hydrogen) atoms. The van der Waals surface area contributed by atoms with E-state index < -0.39 is 17.5 Å². The fourth-order valence-corrected chi connectivity index (χ4v) is 1.40. The second-order valence-corrected chi connectivity index (χ2v) is 3.73. The number of ether oxygens (including phenoxy) is 1. The van der Waals surface area contributed by atoms with E-state index in [2.05, 4.69) is 20.7 Å². The van der Waals surface area contributed by atoms with E-state index in [-0.39, 0.29) is 16.6 Å². The molecule has 3 nitrogen and oxygen atoms in total. The van der Waals surface area contributed by atoms with Gasteiger partial charge in [-0.15, -0.1) is 0 Å². The second-order valence-electron chi connectivity index (χ2n) is 2.94. The van der Waals surface area contributed by atoms with Gasteiger partial charge in [-0.3, -0.25) is 0 Å². The van der Waals surface area contributed by atoms with Gasteiger partial charge in [0.15, 0.2) is 11.6 Å². The summed E-state index contributed by atoms with van der Waals surface area (Å²) >= 11 is 3.01. The van der Waals surface area contributed by atoms with Crippen molar-refractivity contribution in [3.8, 4) is 5.75 Å². The summed E-state index contributed by atoms with van der Waals surface area (Å²) < 4.78 is 18.3. The van der Waals surface area contributed by atoms with Crippen LogP contribution in [0.25, 0.3) is 0 Å². The topological polar surface area (TPSA) is 46.5 Å². The van der Waals surface area contributed by atoms with Crippen molar-refractivity contribution < 1.29 is 19.0 Å². The number of phenols is 1. The highest BCUT2D eigenvalue weighted by atomic mass is 79.9. The summed E-state index contributed by atoms with van der Waals surface area (Å²) in [7, 11) is 0. The zero-order valence-corrected chi connectivity index (χ0v) is 9.89. The summed E-state index contributed by atoms with van der Waals surface area (Å²) in [6.07, 6.45) is 0. The number of phenolic OH excluding ortho intramolecular Hbond substituents is 1. The van der Waals surface area contributed by atoms with Gasteiger partial charge in [0.05, 0.1) is 16.6 Å². The first-order valence-electron chi connectivity index (χ1n) is 4.33. The second kappa shape index (κ2) is 4.61. The van der Waals surface area contributed by atoms with E-state index in [0.717, 1.165) is 0 Å². The standard InChI is InChI=1S/C10H10BrFO3/c1-3-15-10(14)6-4-5(2)7(11)9(13)8(6)12/h4,13H,3H2,1-2H3. The number of halogens is 2. The summed E-state index contributed by atoms with van der Waals surface area (Å²) in [5.74, 6) is -2.31. The van der Waals surface area contributed by atoms with Crippen molar-refractivity contribution in [2.45, 2.75) is 13.8 Å². The zero-order chi connectivity index (χ0) is 11.6. The molecule has 0 radical (unpaired) electrons. The van der Waals surface area contributed by atoms with E-state index in [1.807, 2.05) is 0 Å². The summed E-state index contributed by atoms with van der Waals surface area (Å²) in [4.78, 5) is 11.3. The molecule has 0 aliphatic rings. The molecule has 0 bridgehead atoms. The van der Waals surface area contributed by atoms with Crippen LogP contribution in [0.1, 0.15) is 22.8 Å². The van der Waals surface area contributed by atoms with Gasteiger partial charge in [0.2, 0.25) is 0 Å². The lowest BCUT2D eigenvalue weighted by atomic mass is 10.1. The van der Waals surface area contributed by atoms with Crippen LogP contribution in [0.15, 0.2) is 10.5 Å². The number of benzene rings is 1. The maximum Gasteiger partial charge on any atom is 0.341 e. The van der Waals surface area contributed by atoms with Gasteiger partial charge < -0.3 is 9.84 Å². The Bertz CT molecular complexity index is 404. The smallest absolute Gasteiger partial charge is 0.341 e. The molecule has 0 aliphatic heterocycles. The lowest BCUT2D eigenvalue weighted by molar-refractivity contribution is 0.0520. The van der Waals surface area contributed by atoms with Crippen molar-refractivity contribution in [3.63, 3.8) is 0 Å². The van der Waals surface area contributed by atoms with Crippen molar-refractivity contribution in [1.82, 2.24) is 0 Å². The Kier molecular flexibility index (Phi) is 3.68. The number of aromatic hydroxyl groups is 1. The molecule has 0 amide bonds. The maximum absolute atomic E-state index is 13.4. The molecule has 0 aromatic heterocycles. The summed E-state index contributed by atoms with van der Waals surface area (Å²) in [5.41, 5.74) is 0.312. The SMILES string of the molecule is CCOC(=O)c1cc(C)c(Br)c(O)c1F. The molecule has 5 heteroatoms. The molecule has 1 aromatic carbocycles. The van der Waals surface area contributed by atoms with E-state index in [0.29, 0.717) is 5.56 Å². The Morgan fingerprint density at radius 2 is 2.27 bits per heavy atom. The van der Waals surface area contributed by atoms with Crippen LogP contribution in [-0.4, -0.2) is 17.7 Å². The highest BCUT2D eigenvalue weighted by molar-refractivity contribution is 9.10. The third-order valence-corrected chi connectivity index (χ3v) is 2.86. The van der Waals surface area contributed by atoms with Gasteiger partial charge in [0.1, 0.15) is 0 Å². The molecule has 0 saturated carbocycles. The summed E-state index contributed by atoms with van der Waals surface area (Å²) in [6, 6.07) is 1.33. The fourth-order valence-electron chi connectivity index (χ4n) is 1.11. The largest absolute Gasteiger partial charge is 0.504 e. The molecular formula is C10H10BrFO3. The normalized spacial score (nSPS) is 10.1. The van der Waals surface area contributed by atoms with Crippen molar-refractivity contribution >= 4 is 21.9 Å². The van der Waals surface area contributed by atoms with Crippen LogP contribution in [0.2, 0.25) is 0 Å². The minimum atomic E-state index is -0.967. The third kappa shape index (κ3) is 2.28. The van der Waals surface area contributed by atoms with Gasteiger partial charge in [-0.2, -0.15) is 0 Å². The lowest BCUT2D eigenvalue weighted by Gasteiger charge is -2.08. The Morgan fingerprint density at radius 1 is 1.67 bits per heavy atom. The van der Waals surface area contributed by atoms with Crippen molar-refractivity contribution in [2.24, 2.45) is 0 Å². The van der Waals surface area contributed by atoms with Crippen LogP contribution in [-0.2, 0) is 4.74 Å². The predicted molar refractivity (Wildman–Crippen MR) is 56.5 cm³/mol. The van der Waals surface area contributed by atoms with Gasteiger partial charge in [0.25, 0.3) is 0 Å². The number of carbonyl (C=O) groups excluding carboxylic acids is 1. The molecule has 82 valence electrons. The summed E-state index contributed by atoms with van der Waals surface area (Å²) in [5, 5.41) is 9.36. The molecular weight excluding hydrogens is 267 g/mol. The van der Waals surface area contributed by atoms with E-state index in [1.165, 1.54) is 6.07 Å². The Labute approximate surface area is 95.0 Å². The third-order valence-electron chi connectivity index (χ3n) is 1.85. The number of aryl methyl sites for hydroxylation is 1. The first kappa shape index (κ1) is 12.0. The van der Waals surface area contributed by atoms with Gasteiger partial charge in [-0.25, -0.2) is 9.18 Å². The molecule has 0 saturated heterocycles. The molecule has 0 fully saturated rings. The van der Waals surface area contributed by atoms with E-state index in [1.54, 1.807) is 13.8 Å². The van der Waals surface area contributed by atoms with Crippen LogP contribution in [0, 0.1) is 12.7 Å². The molecule has 0 unspecified atom stereocenters. The van der Waals surface area contributed by atoms with Crippen LogP contribution >= 0.6 is 15.9 Å². The first-order valence-corrected chi connectivity index (χ1v) is 5.13. The van der Waals surface area contributed by atoms with Crippen LogP contribution in [0.4, 0.5) is 4.39 Å². The first-order chi connectivity index (χ1) is 6.99. The molecule has 0 aliphatic carbocycles. The van der Waals surface area contributed by atoms with Crippen molar-refractivity contribution in [2.75, 3.05) is 6.61 Å². The predicted octanol–water partition coefficient (Wildman–Crippen LogP) is 2.78. The minimum Gasteiger partial charge on any atom is -0.504 e. The number of hydrogen-bond donors (Lipinski definition) is 1. The van der Waals surface area contributed by atoms with E-state index >= 15 is 0 Å². The van der Waals surface area contributed by atoms with Crippen LogP contribution in [0.3, 0.4) is 0 Å². The molecule has 0 atom stereocenters. The quantitative estimate of drug-likeness (QED) is 0.845. The van der Waals surface area contributed by atoms with Crippen molar-refractivity contribution in [3.05, 3.63) is 27.5 Å². The van der Waals surface area contributed by atoms with Crippen LogP contribution < -0.4 is 0 Å². The number of carbonyl (C=O) groups is 1. The van der Waals surface area contributed by atoms with E-state index in [9.17, 15) is 14.3 Å².